The number of carbonyl (C=O) groups is 1. The van der Waals surface area contributed by atoms with Crippen LogP contribution in [0.4, 0.5) is 5.69 Å². The van der Waals surface area contributed by atoms with E-state index >= 15 is 0 Å². The Morgan fingerprint density at radius 1 is 1.11 bits per heavy atom. The Hall–Kier alpha value is -1.46. The third kappa shape index (κ3) is 2.86. The lowest BCUT2D eigenvalue weighted by Crippen LogP contribution is -2.11. The predicted molar refractivity (Wildman–Crippen MR) is 77.6 cm³/mol. The number of hydrogen-bond donors (Lipinski definition) is 2. The summed E-state index contributed by atoms with van der Waals surface area (Å²) in [5.74, 6) is -0.473. The Bertz CT molecular complexity index is 601. The minimum Gasteiger partial charge on any atom is -0.398 e. The molecule has 3 nitrogen and oxygen atoms in total. The average Bonchev–Trinajstić information content (AvgIpc) is 2.34. The molecule has 0 saturated carbocycles. The van der Waals surface area contributed by atoms with E-state index in [2.05, 4.69) is 15.9 Å². The summed E-state index contributed by atoms with van der Waals surface area (Å²) in [6.07, 6.45) is 0. The first kappa shape index (κ1) is 13.0. The molecular weight excluding hydrogens is 312 g/mol. The van der Waals surface area contributed by atoms with Crippen LogP contribution in [0.25, 0.3) is 0 Å². The van der Waals surface area contributed by atoms with Crippen LogP contribution >= 0.6 is 27.7 Å². The number of hydrogen-bond acceptors (Lipinski definition) is 3. The van der Waals surface area contributed by atoms with Gasteiger partial charge >= 0.3 is 0 Å². The van der Waals surface area contributed by atoms with Gasteiger partial charge in [-0.25, -0.2) is 0 Å². The zero-order valence-electron chi connectivity index (χ0n) is 9.39. The highest BCUT2D eigenvalue weighted by Gasteiger charge is 2.07. The van der Waals surface area contributed by atoms with E-state index in [1.165, 1.54) is 11.8 Å². The number of primary amides is 1. The van der Waals surface area contributed by atoms with Crippen LogP contribution in [0.15, 0.2) is 56.7 Å². The molecule has 0 aliphatic heterocycles. The normalized spacial score (nSPS) is 10.3. The molecule has 0 aliphatic carbocycles. The van der Waals surface area contributed by atoms with E-state index in [4.69, 9.17) is 11.5 Å². The number of benzene rings is 2. The lowest BCUT2D eigenvalue weighted by Gasteiger charge is -2.08. The van der Waals surface area contributed by atoms with Gasteiger partial charge in [0.1, 0.15) is 0 Å². The third-order valence-corrected chi connectivity index (χ3v) is 4.47. The fourth-order valence-corrected chi connectivity index (χ4v) is 2.83. The van der Waals surface area contributed by atoms with Crippen molar-refractivity contribution in [3.05, 3.63) is 52.5 Å². The van der Waals surface area contributed by atoms with Crippen molar-refractivity contribution in [2.45, 2.75) is 9.79 Å². The quantitative estimate of drug-likeness (QED) is 0.852. The molecule has 0 radical (unpaired) electrons. The summed E-state index contributed by atoms with van der Waals surface area (Å²) in [4.78, 5) is 13.0. The van der Waals surface area contributed by atoms with E-state index in [1.54, 1.807) is 18.2 Å². The van der Waals surface area contributed by atoms with Gasteiger partial charge in [0.25, 0.3) is 0 Å². The summed E-state index contributed by atoms with van der Waals surface area (Å²) in [6.45, 7) is 0. The van der Waals surface area contributed by atoms with Crippen LogP contribution in [0.5, 0.6) is 0 Å². The van der Waals surface area contributed by atoms with E-state index in [0.29, 0.717) is 11.3 Å². The van der Waals surface area contributed by atoms with E-state index in [-0.39, 0.29) is 0 Å². The largest absolute Gasteiger partial charge is 0.398 e. The minimum atomic E-state index is -0.473. The van der Waals surface area contributed by atoms with Crippen molar-refractivity contribution in [3.63, 3.8) is 0 Å². The molecule has 4 N–H and O–H groups in total. The average molecular weight is 323 g/mol. The first-order chi connectivity index (χ1) is 8.58. The summed E-state index contributed by atoms with van der Waals surface area (Å²) >= 11 is 5.02. The van der Waals surface area contributed by atoms with Crippen molar-refractivity contribution >= 4 is 39.3 Å². The summed E-state index contributed by atoms with van der Waals surface area (Å²) in [7, 11) is 0. The summed E-state index contributed by atoms with van der Waals surface area (Å²) in [6, 6.07) is 13.0. The van der Waals surface area contributed by atoms with Gasteiger partial charge in [0.05, 0.1) is 0 Å². The second kappa shape index (κ2) is 5.46. The highest BCUT2D eigenvalue weighted by atomic mass is 79.9. The van der Waals surface area contributed by atoms with Crippen LogP contribution in [0.2, 0.25) is 0 Å². The predicted octanol–water partition coefficient (Wildman–Crippen LogP) is 3.28. The molecule has 2 aromatic carbocycles. The van der Waals surface area contributed by atoms with Crippen molar-refractivity contribution in [2.24, 2.45) is 5.73 Å². The fourth-order valence-electron chi connectivity index (χ4n) is 1.44. The first-order valence-electron chi connectivity index (χ1n) is 5.19. The molecule has 0 heterocycles. The lowest BCUT2D eigenvalue weighted by molar-refractivity contribution is 0.100. The molecule has 0 saturated heterocycles. The molecule has 0 bridgehead atoms. The van der Waals surface area contributed by atoms with Crippen molar-refractivity contribution in [1.82, 2.24) is 0 Å². The van der Waals surface area contributed by atoms with E-state index < -0.39 is 5.91 Å². The molecular formula is C13H11BrN2OS. The Morgan fingerprint density at radius 2 is 1.83 bits per heavy atom. The summed E-state index contributed by atoms with van der Waals surface area (Å²) in [5, 5.41) is 0. The molecule has 92 valence electrons. The molecule has 5 heteroatoms. The van der Waals surface area contributed by atoms with Gasteiger partial charge in [-0.15, -0.1) is 0 Å². The second-order valence-electron chi connectivity index (χ2n) is 3.65. The van der Waals surface area contributed by atoms with Crippen molar-refractivity contribution in [1.29, 1.82) is 0 Å². The number of halogens is 1. The molecule has 0 atom stereocenters. The van der Waals surface area contributed by atoms with Crippen molar-refractivity contribution in [2.75, 3.05) is 5.73 Å². The molecule has 0 spiro atoms. The maximum atomic E-state index is 11.0. The zero-order valence-corrected chi connectivity index (χ0v) is 11.8. The number of carbonyl (C=O) groups excluding carboxylic acids is 1. The van der Waals surface area contributed by atoms with Gasteiger partial charge in [-0.05, 0) is 46.3 Å². The maximum absolute atomic E-state index is 11.0. The minimum absolute atomic E-state index is 0.420. The SMILES string of the molecule is NC(=O)c1ccc(Sc2ccccc2Br)c(N)c1. The summed E-state index contributed by atoms with van der Waals surface area (Å²) < 4.78 is 1.01. The summed E-state index contributed by atoms with van der Waals surface area (Å²) in [5.41, 5.74) is 12.1. The molecule has 1 amide bonds. The Balaban J connectivity index is 2.30. The van der Waals surface area contributed by atoms with E-state index in [9.17, 15) is 4.79 Å². The zero-order chi connectivity index (χ0) is 13.1. The van der Waals surface area contributed by atoms with Crippen LogP contribution < -0.4 is 11.5 Å². The maximum Gasteiger partial charge on any atom is 0.248 e. The Labute approximate surface area is 118 Å². The van der Waals surface area contributed by atoms with E-state index in [0.717, 1.165) is 14.3 Å². The van der Waals surface area contributed by atoms with Crippen LogP contribution in [-0.4, -0.2) is 5.91 Å². The molecule has 0 fully saturated rings. The standard InChI is InChI=1S/C13H11BrN2OS/c14-9-3-1-2-4-11(9)18-12-6-5-8(13(16)17)7-10(12)15/h1-7H,15H2,(H2,16,17). The van der Waals surface area contributed by atoms with Gasteiger partial charge in [0, 0.05) is 25.5 Å². The Morgan fingerprint density at radius 3 is 2.44 bits per heavy atom. The molecule has 0 unspecified atom stereocenters. The van der Waals surface area contributed by atoms with Gasteiger partial charge in [-0.2, -0.15) is 0 Å². The van der Waals surface area contributed by atoms with Crippen molar-refractivity contribution < 1.29 is 4.79 Å². The van der Waals surface area contributed by atoms with E-state index in [1.807, 2.05) is 24.3 Å². The number of anilines is 1. The number of nitrogens with two attached hydrogens (primary N) is 2. The van der Waals surface area contributed by atoms with Gasteiger partial charge in [-0.1, -0.05) is 23.9 Å². The van der Waals surface area contributed by atoms with Gasteiger partial charge in [-0.3, -0.25) is 4.79 Å². The highest BCUT2D eigenvalue weighted by molar-refractivity contribution is 9.10. The lowest BCUT2D eigenvalue weighted by atomic mass is 10.2. The Kier molecular flexibility index (Phi) is 3.93. The van der Waals surface area contributed by atoms with Crippen LogP contribution in [0.1, 0.15) is 10.4 Å². The first-order valence-corrected chi connectivity index (χ1v) is 6.80. The fraction of sp³-hybridized carbons (Fsp3) is 0. The van der Waals surface area contributed by atoms with Crippen molar-refractivity contribution in [3.8, 4) is 0 Å². The van der Waals surface area contributed by atoms with Crippen LogP contribution in [0, 0.1) is 0 Å². The van der Waals surface area contributed by atoms with Gasteiger partial charge in [0.2, 0.25) is 5.91 Å². The molecule has 2 rings (SSSR count). The molecule has 2 aromatic rings. The van der Waals surface area contributed by atoms with Gasteiger partial charge in [0.15, 0.2) is 0 Å². The molecule has 18 heavy (non-hydrogen) atoms. The van der Waals surface area contributed by atoms with Crippen LogP contribution in [0.3, 0.4) is 0 Å². The molecule has 0 aromatic heterocycles. The smallest absolute Gasteiger partial charge is 0.248 e. The second-order valence-corrected chi connectivity index (χ2v) is 5.59. The number of rotatable bonds is 3. The van der Waals surface area contributed by atoms with Gasteiger partial charge < -0.3 is 11.5 Å². The molecule has 0 aliphatic rings. The highest BCUT2D eigenvalue weighted by Crippen LogP contribution is 2.36. The van der Waals surface area contributed by atoms with Crippen LogP contribution in [-0.2, 0) is 0 Å². The topological polar surface area (TPSA) is 69.1 Å². The monoisotopic (exact) mass is 322 g/mol. The third-order valence-electron chi connectivity index (χ3n) is 2.35. The number of amides is 1. The number of nitrogen functional groups attached to an aromatic ring is 1.